The Morgan fingerprint density at radius 3 is 2.67 bits per heavy atom. The fourth-order valence-electron chi connectivity index (χ4n) is 7.27. The average molecular weight is 704 g/mol. The third-order valence-electron chi connectivity index (χ3n) is 9.61. The second-order valence-corrected chi connectivity index (χ2v) is 13.4. The van der Waals surface area contributed by atoms with Crippen LogP contribution in [0.15, 0.2) is 10.9 Å². The van der Waals surface area contributed by atoms with Crippen molar-refractivity contribution in [2.24, 2.45) is 0 Å². The molecule has 7 heterocycles. The van der Waals surface area contributed by atoms with Gasteiger partial charge in [0.15, 0.2) is 11.5 Å². The molecule has 0 radical (unpaired) electrons. The summed E-state index contributed by atoms with van der Waals surface area (Å²) in [5.74, 6) is -1.45. The van der Waals surface area contributed by atoms with Crippen molar-refractivity contribution in [2.45, 2.75) is 70.1 Å². The van der Waals surface area contributed by atoms with Gasteiger partial charge in [-0.2, -0.15) is 15.1 Å². The normalized spacial score (nSPS) is 21.9. The quantitative estimate of drug-likeness (QED) is 0.324. The zero-order chi connectivity index (χ0) is 34.6. The van der Waals surface area contributed by atoms with Crippen molar-refractivity contribution < 1.29 is 27.4 Å². The molecule has 3 atom stereocenters. The van der Waals surface area contributed by atoms with Gasteiger partial charge in [-0.05, 0) is 32.2 Å². The Balaban J connectivity index is 0.000000361. The van der Waals surface area contributed by atoms with E-state index >= 15 is 4.39 Å². The summed E-state index contributed by atoms with van der Waals surface area (Å²) in [5.41, 5.74) is 1.38. The van der Waals surface area contributed by atoms with Gasteiger partial charge in [0.25, 0.3) is 5.91 Å². The number of benzene rings is 1. The Morgan fingerprint density at radius 2 is 1.92 bits per heavy atom. The minimum atomic E-state index is -0.883. The van der Waals surface area contributed by atoms with E-state index in [1.54, 1.807) is 18.8 Å². The molecule has 49 heavy (non-hydrogen) atoms. The maximum atomic E-state index is 15.0. The first kappa shape index (κ1) is 33.4. The second-order valence-electron chi connectivity index (χ2n) is 13.0. The number of methoxy groups -OCH3 is 1. The Morgan fingerprint density at radius 1 is 1.12 bits per heavy atom. The molecule has 1 aromatic carbocycles. The first-order chi connectivity index (χ1) is 23.5. The molecule has 2 N–H and O–H groups in total. The number of H-pyrrole nitrogens is 2. The third kappa shape index (κ3) is 6.25. The van der Waals surface area contributed by atoms with Gasteiger partial charge in [-0.3, -0.25) is 14.4 Å². The molecule has 4 aromatic rings. The number of alkyl halides is 1. The van der Waals surface area contributed by atoms with Crippen LogP contribution in [0.1, 0.15) is 64.8 Å². The van der Waals surface area contributed by atoms with E-state index in [2.05, 4.69) is 29.9 Å². The van der Waals surface area contributed by atoms with Crippen LogP contribution in [-0.4, -0.2) is 98.5 Å². The minimum Gasteiger partial charge on any atom is -0.467 e. The molecule has 0 saturated carbocycles. The lowest BCUT2D eigenvalue weighted by Crippen LogP contribution is -2.29. The van der Waals surface area contributed by atoms with E-state index in [9.17, 15) is 18.4 Å². The summed E-state index contributed by atoms with van der Waals surface area (Å²) in [5, 5.41) is 4.75. The number of ether oxygens (including phenoxy) is 2. The van der Waals surface area contributed by atoms with Crippen molar-refractivity contribution in [3.63, 3.8) is 0 Å². The van der Waals surface area contributed by atoms with Gasteiger partial charge in [-0.1, -0.05) is 11.6 Å². The fraction of sp³-hybridized carbons (Fsp3) is 0.531. The summed E-state index contributed by atoms with van der Waals surface area (Å²) in [6, 6.07) is 1.45. The number of carbonyl (C=O) groups excluding carboxylic acids is 1. The van der Waals surface area contributed by atoms with Gasteiger partial charge in [-0.15, -0.1) is 0 Å². The maximum absolute atomic E-state index is 15.0. The molecule has 1 amide bonds. The number of amides is 1. The van der Waals surface area contributed by atoms with Crippen LogP contribution in [0.5, 0.6) is 6.01 Å². The number of anilines is 1. The largest absolute Gasteiger partial charge is 0.467 e. The molecular weight excluding hydrogens is 667 g/mol. The Labute approximate surface area is 284 Å². The summed E-state index contributed by atoms with van der Waals surface area (Å²) in [7, 11) is 4.72. The summed E-state index contributed by atoms with van der Waals surface area (Å²) in [6.07, 6.45) is 2.78. The van der Waals surface area contributed by atoms with Gasteiger partial charge in [0, 0.05) is 63.4 Å². The molecule has 2 fully saturated rings. The van der Waals surface area contributed by atoms with E-state index in [-0.39, 0.29) is 52.3 Å². The Bertz CT molecular complexity index is 1950. The summed E-state index contributed by atoms with van der Waals surface area (Å²) < 4.78 is 55.2. The van der Waals surface area contributed by atoms with Crippen LogP contribution < -0.4 is 15.3 Å². The SMILES string of the molecule is COc1nc2c(c(N3CCCn4nc(C(=O)N(C)C)c(Cl)c4C3)n1)COC(c1c(F)cc(F)c3[nH]c(=O)[nH]c13)C2.FC1CC2CCCN2C1. The molecule has 0 spiro atoms. The third-order valence-corrected chi connectivity index (χ3v) is 10.0. The van der Waals surface area contributed by atoms with Crippen molar-refractivity contribution >= 4 is 34.4 Å². The molecule has 4 aliphatic rings. The van der Waals surface area contributed by atoms with Gasteiger partial charge >= 0.3 is 11.7 Å². The number of fused-ring (bicyclic) bond motifs is 4. The average Bonchev–Trinajstić information content (AvgIpc) is 3.80. The highest BCUT2D eigenvalue weighted by molar-refractivity contribution is 6.34. The van der Waals surface area contributed by atoms with Gasteiger partial charge < -0.3 is 29.2 Å². The zero-order valence-electron chi connectivity index (χ0n) is 27.4. The number of aryl methyl sites for hydroxylation is 1. The number of hydrogen-bond donors (Lipinski definition) is 2. The first-order valence-electron chi connectivity index (χ1n) is 16.3. The zero-order valence-corrected chi connectivity index (χ0v) is 28.1. The number of imidazole rings is 1. The summed E-state index contributed by atoms with van der Waals surface area (Å²) >= 11 is 6.64. The molecule has 4 aliphatic heterocycles. The van der Waals surface area contributed by atoms with Gasteiger partial charge in [0.2, 0.25) is 0 Å². The van der Waals surface area contributed by atoms with Crippen molar-refractivity contribution in [3.8, 4) is 6.01 Å². The van der Waals surface area contributed by atoms with Gasteiger partial charge in [-0.25, -0.2) is 18.0 Å². The van der Waals surface area contributed by atoms with Crippen LogP contribution in [-0.2, 0) is 30.9 Å². The van der Waals surface area contributed by atoms with Gasteiger partial charge in [0.1, 0.15) is 23.3 Å². The van der Waals surface area contributed by atoms with E-state index < -0.39 is 29.6 Å². The van der Waals surface area contributed by atoms with Crippen molar-refractivity contribution in [1.82, 2.24) is 39.5 Å². The maximum Gasteiger partial charge on any atom is 0.323 e. The fourth-order valence-corrected chi connectivity index (χ4v) is 7.54. The lowest BCUT2D eigenvalue weighted by molar-refractivity contribution is 0.0244. The highest BCUT2D eigenvalue weighted by Gasteiger charge is 2.35. The number of rotatable bonds is 4. The number of hydrogen-bond acceptors (Lipinski definition) is 9. The predicted octanol–water partition coefficient (Wildman–Crippen LogP) is 3.90. The van der Waals surface area contributed by atoms with E-state index in [1.165, 1.54) is 24.9 Å². The standard InChI is InChI=1S/C25H25ClF2N8O4.C7H12FN/c1-34(2)23(37)21-18(26)15-9-35(5-4-6-36(15)33-21)22-11-10-40-16(8-14(11)29-25(32-22)39-3)17-12(27)7-13(28)19-20(17)31-24(38)30-19;8-6-4-7-2-1-3-9(7)5-6/h7,16H,4-6,8-10H2,1-3H3,(H2,30,31,38);6-7H,1-5H2. The lowest BCUT2D eigenvalue weighted by atomic mass is 9.97. The monoisotopic (exact) mass is 703 g/mol. The van der Waals surface area contributed by atoms with Crippen LogP contribution in [0.25, 0.3) is 11.0 Å². The van der Waals surface area contributed by atoms with Crippen LogP contribution >= 0.6 is 11.6 Å². The molecule has 3 aromatic heterocycles. The van der Waals surface area contributed by atoms with Gasteiger partial charge in [0.05, 0.1) is 48.3 Å². The molecular formula is C32H37ClF3N9O4. The van der Waals surface area contributed by atoms with Crippen LogP contribution in [0, 0.1) is 11.6 Å². The number of nitrogens with one attached hydrogen (secondary N) is 2. The number of aromatic nitrogens is 6. The van der Waals surface area contributed by atoms with E-state index in [1.807, 2.05) is 4.90 Å². The number of carbonyl (C=O) groups is 1. The summed E-state index contributed by atoms with van der Waals surface area (Å²) in [6.45, 7) is 3.37. The van der Waals surface area contributed by atoms with E-state index in [4.69, 9.17) is 21.1 Å². The highest BCUT2D eigenvalue weighted by atomic mass is 35.5. The van der Waals surface area contributed by atoms with Crippen LogP contribution in [0.3, 0.4) is 0 Å². The van der Waals surface area contributed by atoms with Crippen LogP contribution in [0.4, 0.5) is 19.0 Å². The van der Waals surface area contributed by atoms with Crippen molar-refractivity contribution in [3.05, 3.63) is 61.4 Å². The molecule has 17 heteroatoms. The molecule has 3 unspecified atom stereocenters. The van der Waals surface area contributed by atoms with Crippen molar-refractivity contribution in [1.29, 1.82) is 0 Å². The molecule has 0 aliphatic carbocycles. The predicted molar refractivity (Wildman–Crippen MR) is 174 cm³/mol. The lowest BCUT2D eigenvalue weighted by Gasteiger charge is -2.30. The number of nitrogens with zero attached hydrogens (tertiary/aromatic N) is 7. The Hall–Kier alpha value is -4.15. The molecule has 8 rings (SSSR count). The molecule has 262 valence electrons. The molecule has 2 saturated heterocycles. The summed E-state index contributed by atoms with van der Waals surface area (Å²) in [4.78, 5) is 44.1. The topological polar surface area (TPSA) is 138 Å². The molecule has 0 bridgehead atoms. The molecule has 13 nitrogen and oxygen atoms in total. The van der Waals surface area contributed by atoms with E-state index in [0.717, 1.165) is 19.0 Å². The smallest absolute Gasteiger partial charge is 0.323 e. The minimum absolute atomic E-state index is 0.00990. The van der Waals surface area contributed by atoms with Crippen LogP contribution in [0.2, 0.25) is 5.02 Å². The first-order valence-corrected chi connectivity index (χ1v) is 16.6. The van der Waals surface area contributed by atoms with Crippen molar-refractivity contribution in [2.75, 3.05) is 45.7 Å². The van der Waals surface area contributed by atoms with E-state index in [0.29, 0.717) is 61.4 Å². The number of aromatic amines is 2. The Kier molecular flexibility index (Phi) is 9.04. The second kappa shape index (κ2) is 13.3. The number of halogens is 4. The highest BCUT2D eigenvalue weighted by Crippen LogP contribution is 2.39.